The summed E-state index contributed by atoms with van der Waals surface area (Å²) in [5.74, 6) is -0.958. The molecule has 0 saturated heterocycles. The number of nitrogens with one attached hydrogen (secondary N) is 1. The van der Waals surface area contributed by atoms with Gasteiger partial charge in [-0.1, -0.05) is 30.3 Å². The van der Waals surface area contributed by atoms with Crippen molar-refractivity contribution in [3.05, 3.63) is 65.9 Å². The highest BCUT2D eigenvalue weighted by Gasteiger charge is 2.21. The zero-order valence-electron chi connectivity index (χ0n) is 12.5. The highest BCUT2D eigenvalue weighted by molar-refractivity contribution is 5.90. The molecule has 4 N–H and O–H groups in total. The van der Waals surface area contributed by atoms with Crippen LogP contribution in [-0.2, 0) is 11.4 Å². The monoisotopic (exact) mass is 310 g/mol. The molecular formula is C18H18N2O3. The number of benzene rings is 2. The van der Waals surface area contributed by atoms with E-state index >= 15 is 0 Å². The molecule has 3 rings (SSSR count). The molecule has 1 atom stereocenters. The van der Waals surface area contributed by atoms with E-state index in [9.17, 15) is 9.90 Å². The van der Waals surface area contributed by atoms with Crippen LogP contribution in [0.15, 0.2) is 54.7 Å². The van der Waals surface area contributed by atoms with Crippen molar-refractivity contribution < 1.29 is 14.6 Å². The van der Waals surface area contributed by atoms with Crippen LogP contribution in [0.3, 0.4) is 0 Å². The molecule has 5 heteroatoms. The Morgan fingerprint density at radius 2 is 2.00 bits per heavy atom. The van der Waals surface area contributed by atoms with E-state index < -0.39 is 11.9 Å². The first-order valence-corrected chi connectivity index (χ1v) is 7.39. The molecule has 118 valence electrons. The van der Waals surface area contributed by atoms with Crippen LogP contribution in [0.5, 0.6) is 5.75 Å². The van der Waals surface area contributed by atoms with Crippen molar-refractivity contribution in [1.29, 1.82) is 0 Å². The van der Waals surface area contributed by atoms with Crippen molar-refractivity contribution in [3.8, 4) is 5.75 Å². The number of hydrogen-bond donors (Lipinski definition) is 3. The van der Waals surface area contributed by atoms with Gasteiger partial charge in [-0.2, -0.15) is 0 Å². The molecule has 5 nitrogen and oxygen atoms in total. The summed E-state index contributed by atoms with van der Waals surface area (Å²) < 4.78 is 5.81. The van der Waals surface area contributed by atoms with Gasteiger partial charge in [0.1, 0.15) is 12.4 Å². The molecule has 3 aromatic rings. The Morgan fingerprint density at radius 1 is 1.22 bits per heavy atom. The van der Waals surface area contributed by atoms with Crippen molar-refractivity contribution in [1.82, 2.24) is 4.98 Å². The van der Waals surface area contributed by atoms with Crippen molar-refractivity contribution in [2.45, 2.75) is 12.5 Å². The van der Waals surface area contributed by atoms with Crippen molar-refractivity contribution in [2.75, 3.05) is 6.54 Å². The third-order valence-corrected chi connectivity index (χ3v) is 3.84. The summed E-state index contributed by atoms with van der Waals surface area (Å²) in [6.45, 7) is 0.517. The third-order valence-electron chi connectivity index (χ3n) is 3.84. The van der Waals surface area contributed by atoms with E-state index in [1.807, 2.05) is 48.5 Å². The lowest BCUT2D eigenvalue weighted by Crippen LogP contribution is -2.20. The number of carboxylic acids is 1. The first-order chi connectivity index (χ1) is 11.2. The maximum absolute atomic E-state index is 11.3. The topological polar surface area (TPSA) is 88.3 Å². The second kappa shape index (κ2) is 6.54. The number of carboxylic acid groups (broad SMARTS) is 1. The Bertz CT molecular complexity index is 812. The molecule has 0 bridgehead atoms. The first kappa shape index (κ1) is 15.1. The largest absolute Gasteiger partial charge is 0.489 e. The van der Waals surface area contributed by atoms with Gasteiger partial charge in [0, 0.05) is 23.6 Å². The normalized spacial score (nSPS) is 12.2. The Labute approximate surface area is 133 Å². The van der Waals surface area contributed by atoms with Crippen LogP contribution in [0.2, 0.25) is 0 Å². The Morgan fingerprint density at radius 3 is 2.70 bits per heavy atom. The number of ether oxygens (including phenoxy) is 1. The summed E-state index contributed by atoms with van der Waals surface area (Å²) in [5.41, 5.74) is 8.23. The predicted molar refractivity (Wildman–Crippen MR) is 88.5 cm³/mol. The number of aromatic amines is 1. The molecule has 0 aliphatic heterocycles. The number of aromatic nitrogens is 1. The molecule has 0 saturated carbocycles. The van der Waals surface area contributed by atoms with Gasteiger partial charge >= 0.3 is 5.97 Å². The number of nitrogens with two attached hydrogens (primary N) is 1. The lowest BCUT2D eigenvalue weighted by atomic mass is 9.99. The van der Waals surface area contributed by atoms with Gasteiger partial charge in [-0.15, -0.1) is 0 Å². The molecule has 1 heterocycles. The second-order valence-corrected chi connectivity index (χ2v) is 5.35. The SMILES string of the molecule is NC[C@H](C(=O)O)c1c[nH]c2ccc(OCc3ccccc3)cc12. The summed E-state index contributed by atoms with van der Waals surface area (Å²) >= 11 is 0. The number of H-pyrrole nitrogens is 1. The Kier molecular flexibility index (Phi) is 4.30. The van der Waals surface area contributed by atoms with Gasteiger partial charge in [0.25, 0.3) is 0 Å². The lowest BCUT2D eigenvalue weighted by Gasteiger charge is -2.10. The number of carbonyl (C=O) groups is 1. The van der Waals surface area contributed by atoms with Crippen LogP contribution in [0, 0.1) is 0 Å². The van der Waals surface area contributed by atoms with Crippen molar-refractivity contribution >= 4 is 16.9 Å². The molecule has 0 radical (unpaired) electrons. The standard InChI is InChI=1S/C18H18N2O3/c19-9-15(18(21)22)16-10-20-17-7-6-13(8-14(16)17)23-11-12-4-2-1-3-5-12/h1-8,10,15,20H,9,11,19H2,(H,21,22)/t15-/m0/s1. The fourth-order valence-corrected chi connectivity index (χ4v) is 2.60. The Balaban J connectivity index is 1.87. The maximum atomic E-state index is 11.3. The summed E-state index contributed by atoms with van der Waals surface area (Å²) in [6, 6.07) is 15.5. The van der Waals surface area contributed by atoms with Crippen LogP contribution >= 0.6 is 0 Å². The number of aliphatic carboxylic acids is 1. The predicted octanol–water partition coefficient (Wildman–Crippen LogP) is 2.87. The van der Waals surface area contributed by atoms with Crippen LogP contribution in [0.25, 0.3) is 10.9 Å². The quantitative estimate of drug-likeness (QED) is 0.653. The average molecular weight is 310 g/mol. The molecule has 0 aliphatic carbocycles. The van der Waals surface area contributed by atoms with Crippen molar-refractivity contribution in [3.63, 3.8) is 0 Å². The lowest BCUT2D eigenvalue weighted by molar-refractivity contribution is -0.138. The molecule has 2 aromatic carbocycles. The molecule has 0 unspecified atom stereocenters. The third kappa shape index (κ3) is 3.19. The number of fused-ring (bicyclic) bond motifs is 1. The van der Waals surface area contributed by atoms with E-state index in [-0.39, 0.29) is 6.54 Å². The smallest absolute Gasteiger partial charge is 0.312 e. The molecule has 23 heavy (non-hydrogen) atoms. The maximum Gasteiger partial charge on any atom is 0.312 e. The zero-order valence-corrected chi connectivity index (χ0v) is 12.5. The van der Waals surface area contributed by atoms with Gasteiger partial charge in [0.15, 0.2) is 0 Å². The van der Waals surface area contributed by atoms with E-state index in [4.69, 9.17) is 10.5 Å². The number of hydrogen-bond acceptors (Lipinski definition) is 3. The first-order valence-electron chi connectivity index (χ1n) is 7.39. The molecule has 0 amide bonds. The fraction of sp³-hybridized carbons (Fsp3) is 0.167. The fourth-order valence-electron chi connectivity index (χ4n) is 2.60. The molecular weight excluding hydrogens is 292 g/mol. The highest BCUT2D eigenvalue weighted by atomic mass is 16.5. The Hall–Kier alpha value is -2.79. The summed E-state index contributed by atoms with van der Waals surface area (Å²) in [7, 11) is 0. The summed E-state index contributed by atoms with van der Waals surface area (Å²) in [4.78, 5) is 14.4. The van der Waals surface area contributed by atoms with E-state index in [0.717, 1.165) is 16.5 Å². The van der Waals surface area contributed by atoms with E-state index in [2.05, 4.69) is 4.98 Å². The van der Waals surface area contributed by atoms with Crippen molar-refractivity contribution in [2.24, 2.45) is 5.73 Å². The van der Waals surface area contributed by atoms with Gasteiger partial charge < -0.3 is 20.6 Å². The minimum absolute atomic E-state index is 0.0530. The van der Waals surface area contributed by atoms with Gasteiger partial charge in [-0.3, -0.25) is 4.79 Å². The van der Waals surface area contributed by atoms with Crippen LogP contribution in [-0.4, -0.2) is 22.6 Å². The highest BCUT2D eigenvalue weighted by Crippen LogP contribution is 2.29. The van der Waals surface area contributed by atoms with Gasteiger partial charge in [0.2, 0.25) is 0 Å². The van der Waals surface area contributed by atoms with Gasteiger partial charge in [-0.25, -0.2) is 0 Å². The molecule has 0 spiro atoms. The van der Waals surface area contributed by atoms with Gasteiger partial charge in [-0.05, 0) is 29.3 Å². The summed E-state index contributed by atoms with van der Waals surface area (Å²) in [6.07, 6.45) is 1.71. The molecule has 1 aromatic heterocycles. The van der Waals surface area contributed by atoms with Crippen LogP contribution in [0.1, 0.15) is 17.0 Å². The molecule has 0 aliphatic rings. The van der Waals surface area contributed by atoms with Crippen LogP contribution in [0.4, 0.5) is 0 Å². The second-order valence-electron chi connectivity index (χ2n) is 5.35. The van der Waals surface area contributed by atoms with E-state index in [1.54, 1.807) is 6.20 Å². The molecule has 0 fully saturated rings. The van der Waals surface area contributed by atoms with Gasteiger partial charge in [0.05, 0.1) is 5.92 Å². The number of rotatable bonds is 6. The minimum Gasteiger partial charge on any atom is -0.489 e. The minimum atomic E-state index is -0.927. The summed E-state index contributed by atoms with van der Waals surface area (Å²) in [5, 5.41) is 10.1. The van der Waals surface area contributed by atoms with E-state index in [1.165, 1.54) is 0 Å². The van der Waals surface area contributed by atoms with E-state index in [0.29, 0.717) is 17.9 Å². The average Bonchev–Trinajstić information content (AvgIpc) is 2.97. The zero-order chi connectivity index (χ0) is 16.2. The van der Waals surface area contributed by atoms with Crippen LogP contribution < -0.4 is 10.5 Å².